The first-order chi connectivity index (χ1) is 11.1. The first-order valence-corrected chi connectivity index (χ1v) is 12.1. The van der Waals surface area contributed by atoms with Crippen LogP contribution >= 0.6 is 11.6 Å². The van der Waals surface area contributed by atoms with Gasteiger partial charge in [-0.2, -0.15) is 5.26 Å². The third-order valence-corrected chi connectivity index (χ3v) is 10.1. The van der Waals surface area contributed by atoms with E-state index in [4.69, 9.17) is 21.3 Å². The highest BCUT2D eigenvalue weighted by molar-refractivity contribution is 6.74. The predicted octanol–water partition coefficient (Wildman–Crippen LogP) is 5.96. The van der Waals surface area contributed by atoms with E-state index < -0.39 is 8.32 Å². The molecule has 1 aliphatic carbocycles. The van der Waals surface area contributed by atoms with E-state index in [1.807, 2.05) is 12.1 Å². The first kappa shape index (κ1) is 19.3. The standard InChI is InChI=1S/C19H29ClN2OSi/c1-19(2,3)24(4,5)23-18-9-7-6-8-17(18)22-16-11-14(13-21)10-15(20)12-16/h10-12,17-18,22H,6-9H2,1-5H3/t17-,18-/m0/s1. The fraction of sp³-hybridized carbons (Fsp3) is 0.632. The van der Waals surface area contributed by atoms with Gasteiger partial charge in [0.25, 0.3) is 0 Å². The Morgan fingerprint density at radius 1 is 1.21 bits per heavy atom. The van der Waals surface area contributed by atoms with Gasteiger partial charge in [-0.25, -0.2) is 0 Å². The Morgan fingerprint density at radius 2 is 1.88 bits per heavy atom. The van der Waals surface area contributed by atoms with Gasteiger partial charge in [0.2, 0.25) is 0 Å². The van der Waals surface area contributed by atoms with Crippen LogP contribution in [0, 0.1) is 11.3 Å². The van der Waals surface area contributed by atoms with Crippen molar-refractivity contribution in [1.29, 1.82) is 5.26 Å². The van der Waals surface area contributed by atoms with Crippen molar-refractivity contribution in [2.45, 2.75) is 76.7 Å². The second kappa shape index (κ2) is 7.47. The molecule has 0 aliphatic heterocycles. The van der Waals surface area contributed by atoms with Crippen molar-refractivity contribution < 1.29 is 4.43 Å². The number of benzene rings is 1. The van der Waals surface area contributed by atoms with Gasteiger partial charge in [-0.05, 0) is 49.2 Å². The second-order valence-corrected chi connectivity index (χ2v) is 13.5. The molecule has 1 fully saturated rings. The summed E-state index contributed by atoms with van der Waals surface area (Å²) in [6.07, 6.45) is 4.84. The normalized spacial score (nSPS) is 22.0. The van der Waals surface area contributed by atoms with Crippen LogP contribution in [0.4, 0.5) is 5.69 Å². The molecule has 0 radical (unpaired) electrons. The van der Waals surface area contributed by atoms with Crippen molar-refractivity contribution in [2.24, 2.45) is 0 Å². The summed E-state index contributed by atoms with van der Waals surface area (Å²) in [5.74, 6) is 0. The van der Waals surface area contributed by atoms with Gasteiger partial charge in [-0.15, -0.1) is 0 Å². The monoisotopic (exact) mass is 364 g/mol. The van der Waals surface area contributed by atoms with Crippen molar-refractivity contribution in [3.63, 3.8) is 0 Å². The Balaban J connectivity index is 2.15. The van der Waals surface area contributed by atoms with Crippen molar-refractivity contribution >= 4 is 25.6 Å². The van der Waals surface area contributed by atoms with E-state index in [1.54, 1.807) is 6.07 Å². The summed E-state index contributed by atoms with van der Waals surface area (Å²) in [6.45, 7) is 11.5. The smallest absolute Gasteiger partial charge is 0.192 e. The predicted molar refractivity (Wildman–Crippen MR) is 104 cm³/mol. The molecule has 0 bridgehead atoms. The Labute approximate surface area is 152 Å². The van der Waals surface area contributed by atoms with Gasteiger partial charge >= 0.3 is 0 Å². The minimum atomic E-state index is -1.80. The van der Waals surface area contributed by atoms with Gasteiger partial charge in [0, 0.05) is 10.7 Å². The number of nitriles is 1. The maximum absolute atomic E-state index is 9.13. The third-order valence-electron chi connectivity index (χ3n) is 5.33. The summed E-state index contributed by atoms with van der Waals surface area (Å²) in [5.41, 5.74) is 1.50. The molecule has 0 spiro atoms. The zero-order chi connectivity index (χ0) is 18.0. The average molecular weight is 365 g/mol. The Kier molecular flexibility index (Phi) is 6.01. The molecule has 1 aromatic rings. The lowest BCUT2D eigenvalue weighted by molar-refractivity contribution is 0.124. The fourth-order valence-corrected chi connectivity index (χ4v) is 4.54. The topological polar surface area (TPSA) is 45.0 Å². The van der Waals surface area contributed by atoms with E-state index in [0.29, 0.717) is 10.6 Å². The first-order valence-electron chi connectivity index (χ1n) is 8.77. The summed E-state index contributed by atoms with van der Waals surface area (Å²) in [5, 5.41) is 13.5. The van der Waals surface area contributed by atoms with Gasteiger partial charge < -0.3 is 9.74 Å². The van der Waals surface area contributed by atoms with Crippen LogP contribution in [0.5, 0.6) is 0 Å². The molecule has 1 aliphatic rings. The van der Waals surface area contributed by atoms with E-state index >= 15 is 0 Å². The number of hydrogen-bond donors (Lipinski definition) is 1. The molecule has 2 rings (SSSR count). The molecule has 0 amide bonds. The summed E-state index contributed by atoms with van der Waals surface area (Å²) in [6, 6.07) is 7.89. The van der Waals surface area contributed by atoms with E-state index in [1.165, 1.54) is 12.8 Å². The molecule has 0 unspecified atom stereocenters. The molecule has 1 aromatic carbocycles. The van der Waals surface area contributed by atoms with E-state index in [-0.39, 0.29) is 17.2 Å². The number of halogens is 1. The summed E-state index contributed by atoms with van der Waals surface area (Å²) < 4.78 is 6.69. The number of hydrogen-bond acceptors (Lipinski definition) is 3. The molecule has 1 saturated carbocycles. The van der Waals surface area contributed by atoms with Crippen molar-refractivity contribution in [3.8, 4) is 6.07 Å². The largest absolute Gasteiger partial charge is 0.412 e. The summed E-state index contributed by atoms with van der Waals surface area (Å²) >= 11 is 6.13. The minimum absolute atomic E-state index is 0.207. The highest BCUT2D eigenvalue weighted by atomic mass is 35.5. The van der Waals surface area contributed by atoms with Gasteiger partial charge in [0.05, 0.1) is 23.8 Å². The SMILES string of the molecule is CC(C)(C)[Si](C)(C)O[C@H]1CCCC[C@@H]1Nc1cc(Cl)cc(C#N)c1. The van der Waals surface area contributed by atoms with Crippen molar-refractivity contribution in [1.82, 2.24) is 0 Å². The number of nitrogens with zero attached hydrogens (tertiary/aromatic N) is 1. The molecular weight excluding hydrogens is 336 g/mol. The molecule has 5 heteroatoms. The summed E-state index contributed by atoms with van der Waals surface area (Å²) in [4.78, 5) is 0. The molecular formula is C19H29ClN2OSi. The van der Waals surface area contributed by atoms with Crippen LogP contribution in [0.1, 0.15) is 52.0 Å². The third kappa shape index (κ3) is 4.75. The van der Waals surface area contributed by atoms with E-state index in [0.717, 1.165) is 18.5 Å². The Hall–Kier alpha value is -1.02. The lowest BCUT2D eigenvalue weighted by atomic mass is 9.92. The number of nitrogens with one attached hydrogen (secondary N) is 1. The molecule has 0 aromatic heterocycles. The maximum Gasteiger partial charge on any atom is 0.192 e. The average Bonchev–Trinajstić information content (AvgIpc) is 2.47. The molecule has 0 heterocycles. The molecule has 0 saturated heterocycles. The van der Waals surface area contributed by atoms with Crippen molar-refractivity contribution in [3.05, 3.63) is 28.8 Å². The zero-order valence-corrected chi connectivity index (χ0v) is 17.2. The van der Waals surface area contributed by atoms with Crippen LogP contribution in [0.3, 0.4) is 0 Å². The molecule has 3 nitrogen and oxygen atoms in total. The van der Waals surface area contributed by atoms with Gasteiger partial charge in [-0.1, -0.05) is 45.2 Å². The lowest BCUT2D eigenvalue weighted by Gasteiger charge is -2.43. The van der Waals surface area contributed by atoms with Crippen LogP contribution in [0.2, 0.25) is 23.2 Å². The molecule has 132 valence electrons. The second-order valence-electron chi connectivity index (χ2n) is 8.29. The van der Waals surface area contributed by atoms with Gasteiger partial charge in [0.15, 0.2) is 8.32 Å². The number of anilines is 1. The van der Waals surface area contributed by atoms with Crippen molar-refractivity contribution in [2.75, 3.05) is 5.32 Å². The fourth-order valence-electron chi connectivity index (χ4n) is 2.91. The molecule has 24 heavy (non-hydrogen) atoms. The van der Waals surface area contributed by atoms with Crippen LogP contribution in [-0.4, -0.2) is 20.5 Å². The highest BCUT2D eigenvalue weighted by Crippen LogP contribution is 2.39. The highest BCUT2D eigenvalue weighted by Gasteiger charge is 2.41. The van der Waals surface area contributed by atoms with Gasteiger partial charge in [-0.3, -0.25) is 0 Å². The minimum Gasteiger partial charge on any atom is -0.412 e. The number of rotatable bonds is 4. The molecule has 2 atom stereocenters. The van der Waals surface area contributed by atoms with Gasteiger partial charge in [0.1, 0.15) is 0 Å². The quantitative estimate of drug-likeness (QED) is 0.670. The molecule has 1 N–H and O–H groups in total. The Morgan fingerprint density at radius 3 is 2.50 bits per heavy atom. The van der Waals surface area contributed by atoms with E-state index in [9.17, 15) is 0 Å². The zero-order valence-electron chi connectivity index (χ0n) is 15.4. The lowest BCUT2D eigenvalue weighted by Crippen LogP contribution is -2.49. The van der Waals surface area contributed by atoms with Crippen LogP contribution < -0.4 is 5.32 Å². The van der Waals surface area contributed by atoms with Crippen LogP contribution in [0.15, 0.2) is 18.2 Å². The maximum atomic E-state index is 9.13. The Bertz CT molecular complexity index is 619. The van der Waals surface area contributed by atoms with E-state index in [2.05, 4.69) is 45.3 Å². The summed E-state index contributed by atoms with van der Waals surface area (Å²) in [7, 11) is -1.80. The van der Waals surface area contributed by atoms with Crippen LogP contribution in [0.25, 0.3) is 0 Å². The van der Waals surface area contributed by atoms with Crippen LogP contribution in [-0.2, 0) is 4.43 Å².